The van der Waals surface area contributed by atoms with E-state index in [0.29, 0.717) is 0 Å². The Morgan fingerprint density at radius 1 is 1.32 bits per heavy atom. The van der Waals surface area contributed by atoms with Gasteiger partial charge >= 0.3 is 6.03 Å². The van der Waals surface area contributed by atoms with E-state index in [4.69, 9.17) is 0 Å². The molecule has 1 heterocycles. The van der Waals surface area contributed by atoms with Crippen LogP contribution >= 0.6 is 22.6 Å². The summed E-state index contributed by atoms with van der Waals surface area (Å²) in [5, 5.41) is 0. The third-order valence-corrected chi connectivity index (χ3v) is 4.11. The standard InChI is InChI=1S/C14H17IN2O2/c1-9(15)13(18)17-12(10(2)16(3)14(17)19)11-7-5-4-6-8-11/h4-10,12H,1-3H3/t9?,10-,12-/m0/s1. The maximum atomic E-state index is 12.3. The minimum Gasteiger partial charge on any atom is -0.322 e. The second-order valence-electron chi connectivity index (χ2n) is 4.81. The predicted octanol–water partition coefficient (Wildman–Crippen LogP) is 2.83. The minimum absolute atomic E-state index is 0.0194. The lowest BCUT2D eigenvalue weighted by atomic mass is 10.0. The van der Waals surface area contributed by atoms with Crippen molar-refractivity contribution < 1.29 is 9.59 Å². The van der Waals surface area contributed by atoms with Crippen LogP contribution in [0.1, 0.15) is 25.5 Å². The third kappa shape index (κ3) is 2.48. The molecular formula is C14H17IN2O2. The Morgan fingerprint density at radius 2 is 1.89 bits per heavy atom. The largest absolute Gasteiger partial charge is 0.327 e. The smallest absolute Gasteiger partial charge is 0.322 e. The molecule has 5 heteroatoms. The van der Waals surface area contributed by atoms with Gasteiger partial charge in [-0.05, 0) is 19.4 Å². The van der Waals surface area contributed by atoms with Crippen molar-refractivity contribution in [2.24, 2.45) is 0 Å². The zero-order chi connectivity index (χ0) is 14.2. The summed E-state index contributed by atoms with van der Waals surface area (Å²) < 4.78 is -0.216. The van der Waals surface area contributed by atoms with Gasteiger partial charge < -0.3 is 4.90 Å². The molecule has 0 bridgehead atoms. The number of imide groups is 1. The van der Waals surface area contributed by atoms with E-state index >= 15 is 0 Å². The van der Waals surface area contributed by atoms with Gasteiger partial charge in [0.25, 0.3) is 0 Å². The molecule has 0 spiro atoms. The van der Waals surface area contributed by atoms with E-state index in [9.17, 15) is 9.59 Å². The summed E-state index contributed by atoms with van der Waals surface area (Å²) in [4.78, 5) is 27.6. The molecule has 3 atom stereocenters. The van der Waals surface area contributed by atoms with Crippen LogP contribution in [0.2, 0.25) is 0 Å². The van der Waals surface area contributed by atoms with Gasteiger partial charge in [-0.1, -0.05) is 52.9 Å². The van der Waals surface area contributed by atoms with E-state index in [0.717, 1.165) is 5.56 Å². The average molecular weight is 372 g/mol. The first-order valence-electron chi connectivity index (χ1n) is 6.24. The molecule has 3 amide bonds. The van der Waals surface area contributed by atoms with Crippen molar-refractivity contribution in [2.75, 3.05) is 7.05 Å². The summed E-state index contributed by atoms with van der Waals surface area (Å²) in [7, 11) is 1.74. The van der Waals surface area contributed by atoms with Gasteiger partial charge in [0.15, 0.2) is 0 Å². The average Bonchev–Trinajstić information content (AvgIpc) is 2.63. The molecule has 19 heavy (non-hydrogen) atoms. The van der Waals surface area contributed by atoms with Crippen molar-refractivity contribution in [3.05, 3.63) is 35.9 Å². The lowest BCUT2D eigenvalue weighted by Crippen LogP contribution is -2.39. The Labute approximate surface area is 126 Å². The molecule has 0 aromatic heterocycles. The monoisotopic (exact) mass is 372 g/mol. The van der Waals surface area contributed by atoms with E-state index < -0.39 is 0 Å². The zero-order valence-electron chi connectivity index (χ0n) is 11.2. The van der Waals surface area contributed by atoms with Crippen molar-refractivity contribution in [2.45, 2.75) is 29.9 Å². The van der Waals surface area contributed by atoms with Gasteiger partial charge in [-0.2, -0.15) is 0 Å². The van der Waals surface area contributed by atoms with Gasteiger partial charge in [-0.3, -0.25) is 9.69 Å². The van der Waals surface area contributed by atoms with E-state index in [1.165, 1.54) is 4.90 Å². The number of rotatable bonds is 2. The summed E-state index contributed by atoms with van der Waals surface area (Å²) in [6, 6.07) is 9.29. The first-order chi connectivity index (χ1) is 8.95. The molecule has 1 fully saturated rings. The van der Waals surface area contributed by atoms with E-state index in [1.54, 1.807) is 18.9 Å². The lowest BCUT2D eigenvalue weighted by molar-refractivity contribution is -0.128. The Balaban J connectivity index is 2.43. The highest BCUT2D eigenvalue weighted by atomic mass is 127. The van der Waals surface area contributed by atoms with Crippen LogP contribution in [0, 0.1) is 0 Å². The van der Waals surface area contributed by atoms with Crippen LogP contribution in [0.4, 0.5) is 4.79 Å². The van der Waals surface area contributed by atoms with Crippen LogP contribution in [0.5, 0.6) is 0 Å². The Bertz CT molecular complexity index is 481. The zero-order valence-corrected chi connectivity index (χ0v) is 13.4. The fraction of sp³-hybridized carbons (Fsp3) is 0.429. The molecule has 1 unspecified atom stereocenters. The van der Waals surface area contributed by atoms with Crippen LogP contribution in [-0.4, -0.2) is 38.8 Å². The number of halogens is 1. The van der Waals surface area contributed by atoms with E-state index in [1.807, 2.05) is 59.8 Å². The van der Waals surface area contributed by atoms with Gasteiger partial charge in [-0.15, -0.1) is 0 Å². The summed E-state index contributed by atoms with van der Waals surface area (Å²) >= 11 is 2.05. The molecular weight excluding hydrogens is 355 g/mol. The van der Waals surface area contributed by atoms with Crippen LogP contribution < -0.4 is 0 Å². The van der Waals surface area contributed by atoms with Crippen LogP contribution in [0.3, 0.4) is 0 Å². The number of carbonyl (C=O) groups excluding carboxylic acids is 2. The van der Waals surface area contributed by atoms with E-state index in [2.05, 4.69) is 0 Å². The number of nitrogens with zero attached hydrogens (tertiary/aromatic N) is 2. The number of alkyl halides is 1. The Kier molecular flexibility index (Phi) is 4.13. The highest BCUT2D eigenvalue weighted by Crippen LogP contribution is 2.35. The molecule has 1 aromatic carbocycles. The molecule has 0 aliphatic carbocycles. The van der Waals surface area contributed by atoms with Crippen molar-refractivity contribution in [1.29, 1.82) is 0 Å². The molecule has 0 radical (unpaired) electrons. The summed E-state index contributed by atoms with van der Waals surface area (Å²) in [5.41, 5.74) is 0.998. The molecule has 1 aromatic rings. The maximum absolute atomic E-state index is 12.3. The molecule has 1 aliphatic rings. The highest BCUT2D eigenvalue weighted by molar-refractivity contribution is 14.1. The summed E-state index contributed by atoms with van der Waals surface area (Å²) in [5.74, 6) is -0.129. The second kappa shape index (κ2) is 5.48. The Hall–Kier alpha value is -1.11. The maximum Gasteiger partial charge on any atom is 0.327 e. The van der Waals surface area contributed by atoms with Gasteiger partial charge in [0.05, 0.1) is 16.0 Å². The van der Waals surface area contributed by atoms with E-state index in [-0.39, 0.29) is 27.9 Å². The number of likely N-dealkylation sites (N-methyl/N-ethyl adjacent to an activating group) is 1. The summed E-state index contributed by atoms with van der Waals surface area (Å²) in [6.07, 6.45) is 0. The summed E-state index contributed by atoms with van der Waals surface area (Å²) in [6.45, 7) is 3.78. The van der Waals surface area contributed by atoms with Gasteiger partial charge in [0, 0.05) is 7.05 Å². The fourth-order valence-corrected chi connectivity index (χ4v) is 2.69. The van der Waals surface area contributed by atoms with Crippen molar-refractivity contribution >= 4 is 34.5 Å². The van der Waals surface area contributed by atoms with Gasteiger partial charge in [-0.25, -0.2) is 4.79 Å². The topological polar surface area (TPSA) is 40.6 Å². The van der Waals surface area contributed by atoms with Crippen molar-refractivity contribution in [1.82, 2.24) is 9.80 Å². The Morgan fingerprint density at radius 3 is 2.42 bits per heavy atom. The van der Waals surface area contributed by atoms with Gasteiger partial charge in [0.2, 0.25) is 5.91 Å². The number of amides is 3. The molecule has 2 rings (SSSR count). The number of carbonyl (C=O) groups is 2. The van der Waals surface area contributed by atoms with Crippen molar-refractivity contribution in [3.8, 4) is 0 Å². The SMILES string of the molecule is CC(I)C(=O)N1C(=O)N(C)[C@@H](C)[C@H]1c1ccccc1. The molecule has 1 saturated heterocycles. The molecule has 4 nitrogen and oxygen atoms in total. The number of hydrogen-bond acceptors (Lipinski definition) is 2. The molecule has 0 N–H and O–H groups in total. The molecule has 1 aliphatic heterocycles. The lowest BCUT2D eigenvalue weighted by Gasteiger charge is -2.25. The van der Waals surface area contributed by atoms with Crippen LogP contribution in [-0.2, 0) is 4.79 Å². The first kappa shape index (κ1) is 14.3. The third-order valence-electron chi connectivity index (χ3n) is 3.57. The minimum atomic E-state index is -0.216. The number of benzene rings is 1. The normalized spacial score (nSPS) is 24.7. The van der Waals surface area contributed by atoms with Crippen LogP contribution in [0.15, 0.2) is 30.3 Å². The number of hydrogen-bond donors (Lipinski definition) is 0. The second-order valence-corrected chi connectivity index (χ2v) is 6.68. The molecule has 0 saturated carbocycles. The fourth-order valence-electron chi connectivity index (χ4n) is 2.39. The highest BCUT2D eigenvalue weighted by Gasteiger charge is 2.46. The first-order valence-corrected chi connectivity index (χ1v) is 7.48. The molecule has 102 valence electrons. The number of urea groups is 1. The predicted molar refractivity (Wildman–Crippen MR) is 82.1 cm³/mol. The van der Waals surface area contributed by atoms with Gasteiger partial charge in [0.1, 0.15) is 0 Å². The quantitative estimate of drug-likeness (QED) is 0.592. The van der Waals surface area contributed by atoms with Crippen molar-refractivity contribution in [3.63, 3.8) is 0 Å². The van der Waals surface area contributed by atoms with Crippen LogP contribution in [0.25, 0.3) is 0 Å².